The summed E-state index contributed by atoms with van der Waals surface area (Å²) in [5, 5.41) is 10.7. The van der Waals surface area contributed by atoms with E-state index in [2.05, 4.69) is 13.8 Å². The maximum absolute atomic E-state index is 14.9. The molecule has 0 atom stereocenters. The Bertz CT molecular complexity index is 2260. The van der Waals surface area contributed by atoms with Crippen molar-refractivity contribution in [2.45, 2.75) is 219 Å². The molecule has 0 aliphatic rings. The van der Waals surface area contributed by atoms with E-state index in [4.69, 9.17) is 14.0 Å². The Kier molecular flexibility index (Phi) is 34.3. The van der Waals surface area contributed by atoms with Crippen LogP contribution in [0.4, 0.5) is 71.5 Å². The van der Waals surface area contributed by atoms with Gasteiger partial charge in [0.15, 0.2) is 22.9 Å². The lowest BCUT2D eigenvalue weighted by atomic mass is 10.0. The van der Waals surface area contributed by atoms with Gasteiger partial charge in [0.25, 0.3) is 0 Å². The fraction of sp³-hybridized carbons (Fsp3) is 0.600. The third kappa shape index (κ3) is 24.4. The van der Waals surface area contributed by atoms with Crippen LogP contribution in [0, 0.1) is 93.3 Å². The van der Waals surface area contributed by atoms with Gasteiger partial charge in [-0.3, -0.25) is 13.7 Å². The van der Waals surface area contributed by atoms with Crippen LogP contribution < -0.4 is 18.9 Å². The molecule has 5 nitrogen and oxygen atoms in total. The molecule has 456 valence electrons. The summed E-state index contributed by atoms with van der Waals surface area (Å²) in [7, 11) is -2.92. The molecule has 0 bridgehead atoms. The number of halogens is 15. The number of benzene rings is 4. The molecule has 0 aliphatic heterocycles. The van der Waals surface area contributed by atoms with Crippen molar-refractivity contribution in [3.05, 3.63) is 112 Å². The molecular weight excluding hydrogens is 1090 g/mol. The van der Waals surface area contributed by atoms with Crippen LogP contribution in [0.2, 0.25) is 0 Å². The fourth-order valence-electron chi connectivity index (χ4n) is 9.30. The van der Waals surface area contributed by atoms with Gasteiger partial charge in [0.1, 0.15) is 5.75 Å². The molecule has 0 saturated carbocycles. The highest BCUT2D eigenvalue weighted by atomic mass is 19.2. The summed E-state index contributed by atoms with van der Waals surface area (Å²) >= 11 is 0. The maximum Gasteiger partial charge on any atom is 0.864 e. The predicted molar refractivity (Wildman–Crippen MR) is 283 cm³/mol. The topological polar surface area (TPSA) is 52.4 Å². The van der Waals surface area contributed by atoms with Gasteiger partial charge in [-0.2, -0.15) is 17.6 Å². The van der Waals surface area contributed by atoms with Crippen LogP contribution in [0.1, 0.15) is 219 Å². The van der Waals surface area contributed by atoms with Crippen molar-refractivity contribution >= 4 is 13.0 Å². The summed E-state index contributed by atoms with van der Waals surface area (Å²) in [4.78, 5) is 0.743. The van der Waals surface area contributed by atoms with E-state index in [1.165, 1.54) is 147 Å². The zero-order chi connectivity index (χ0) is 59.7. The standard InChI is InChI=1S/C54H78BF10NO4.C6F5/c1-3-5-7-9-11-13-15-17-19-21-23-25-27-29-31-33-37-66(38-34-32-30-28-26-24-22-20-18-16-14-12-10-8-6-4-2)41-39-40(67)35-36-42(41)68-55(69-53-49(62)45(58)43(56)46(59)50(53)63)70-54-51(64)47(60)44(57)48(61)52(54)65;7-2-1-3(8)5(10)6(11)4(2)9/h35-36,39,67H,3-34,37-38H2,1-2H3;/q;-1/p+1. The molecule has 0 aliphatic carbocycles. The minimum absolute atomic E-state index is 0.203. The van der Waals surface area contributed by atoms with Crippen LogP contribution >= 0.6 is 0 Å². The van der Waals surface area contributed by atoms with Crippen molar-refractivity contribution in [3.63, 3.8) is 0 Å². The summed E-state index contributed by atoms with van der Waals surface area (Å²) in [5.41, 5.74) is 0.203. The summed E-state index contributed by atoms with van der Waals surface area (Å²) in [6.45, 7) is 5.42. The van der Waals surface area contributed by atoms with E-state index in [-0.39, 0.29) is 17.2 Å². The third-order valence-corrected chi connectivity index (χ3v) is 14.0. The van der Waals surface area contributed by atoms with Crippen molar-refractivity contribution in [1.82, 2.24) is 0 Å². The first-order valence-electron chi connectivity index (χ1n) is 29.0. The number of hydrogen-bond acceptors (Lipinski definition) is 4. The molecule has 0 unspecified atom stereocenters. The van der Waals surface area contributed by atoms with Crippen molar-refractivity contribution < 1.29 is 89.8 Å². The second kappa shape index (κ2) is 39.5. The Balaban J connectivity index is 0.00000139. The van der Waals surface area contributed by atoms with Crippen LogP contribution in [0.15, 0.2) is 18.2 Å². The van der Waals surface area contributed by atoms with Crippen molar-refractivity contribution in [3.8, 4) is 23.0 Å². The van der Waals surface area contributed by atoms with Crippen LogP contribution in [-0.2, 0) is 0 Å². The number of unbranched alkanes of at least 4 members (excludes halogenated alkanes) is 30. The molecule has 4 aromatic rings. The lowest BCUT2D eigenvalue weighted by Gasteiger charge is -2.24. The Hall–Kier alpha value is -4.95. The highest BCUT2D eigenvalue weighted by Gasteiger charge is 2.41. The molecule has 21 heteroatoms. The molecule has 0 fully saturated rings. The molecule has 0 spiro atoms. The van der Waals surface area contributed by atoms with E-state index in [0.29, 0.717) is 25.9 Å². The molecule has 0 amide bonds. The first kappa shape index (κ1) is 70.3. The van der Waals surface area contributed by atoms with Crippen molar-refractivity contribution in [1.29, 1.82) is 0 Å². The lowest BCUT2D eigenvalue weighted by Crippen LogP contribution is -3.07. The molecule has 0 radical (unpaired) electrons. The normalized spacial score (nSPS) is 11.4. The quantitative estimate of drug-likeness (QED) is 0.0116. The summed E-state index contributed by atoms with van der Waals surface area (Å²) in [5.74, 6) is -39.7. The van der Waals surface area contributed by atoms with Gasteiger partial charge in [0.05, 0.1) is 42.2 Å². The monoisotopic (exact) mass is 1170 g/mol. The van der Waals surface area contributed by atoms with Gasteiger partial charge < -0.3 is 19.1 Å². The zero-order valence-electron chi connectivity index (χ0n) is 46.7. The lowest BCUT2D eigenvalue weighted by molar-refractivity contribution is -0.833. The number of nitrogens with one attached hydrogen (secondary N) is 1. The van der Waals surface area contributed by atoms with Crippen LogP contribution in [-0.4, -0.2) is 25.5 Å². The highest BCUT2D eigenvalue weighted by molar-refractivity contribution is 6.39. The highest BCUT2D eigenvalue weighted by Crippen LogP contribution is 2.35. The first-order chi connectivity index (χ1) is 38.9. The molecule has 4 rings (SSSR count). The Morgan fingerprint density at radius 1 is 0.346 bits per heavy atom. The van der Waals surface area contributed by atoms with Gasteiger partial charge in [-0.1, -0.05) is 194 Å². The molecule has 4 aromatic carbocycles. The van der Waals surface area contributed by atoms with Crippen molar-refractivity contribution in [2.24, 2.45) is 0 Å². The summed E-state index contributed by atoms with van der Waals surface area (Å²) in [6.07, 6.45) is 37.4. The Morgan fingerprint density at radius 3 is 0.901 bits per heavy atom. The second-order valence-electron chi connectivity index (χ2n) is 20.5. The van der Waals surface area contributed by atoms with Crippen LogP contribution in [0.25, 0.3) is 0 Å². The number of rotatable bonds is 41. The minimum atomic E-state index is -2.92. The van der Waals surface area contributed by atoms with E-state index in [1.807, 2.05) is 0 Å². The molecule has 0 saturated heterocycles. The van der Waals surface area contributed by atoms with Gasteiger partial charge in [0, 0.05) is 6.07 Å². The van der Waals surface area contributed by atoms with Gasteiger partial charge in [-0.25, -0.2) is 39.5 Å². The van der Waals surface area contributed by atoms with E-state index in [9.17, 15) is 71.0 Å². The number of aromatic hydroxyl groups is 1. The molecule has 0 heterocycles. The average molecular weight is 1170 g/mol. The SMILES string of the molecule is CCCCCCCCCCCCCCCCCC[NH+](CCCCCCCCCCCCCCCCCC)c1cc(O)ccc1OB(Oc1c(F)c(F)c(F)c(F)c1F)Oc1c(F)c(F)c(F)c(F)c1F.Fc1[c-]c(F)c(F)c(F)c1F. The van der Waals surface area contributed by atoms with E-state index in [1.54, 1.807) is 0 Å². The number of quaternary nitrogens is 1. The maximum atomic E-state index is 14.9. The van der Waals surface area contributed by atoms with Gasteiger partial charge >= 0.3 is 7.32 Å². The van der Waals surface area contributed by atoms with Gasteiger partial charge in [-0.05, 0) is 37.8 Å². The zero-order valence-corrected chi connectivity index (χ0v) is 46.7. The minimum Gasteiger partial charge on any atom is -0.508 e. The Morgan fingerprint density at radius 2 is 0.605 bits per heavy atom. The molecule has 0 aromatic heterocycles. The van der Waals surface area contributed by atoms with Crippen LogP contribution in [0.5, 0.6) is 23.0 Å². The summed E-state index contributed by atoms with van der Waals surface area (Å²) < 4.78 is 220. The molecule has 2 N–H and O–H groups in total. The van der Waals surface area contributed by atoms with E-state index in [0.717, 1.165) is 74.5 Å². The van der Waals surface area contributed by atoms with Crippen molar-refractivity contribution in [2.75, 3.05) is 13.1 Å². The average Bonchev–Trinajstić information content (AvgIpc) is 3.47. The summed E-state index contributed by atoms with van der Waals surface area (Å²) in [6, 6.07) is 4.59. The van der Waals surface area contributed by atoms with Crippen LogP contribution in [0.3, 0.4) is 0 Å². The smallest absolute Gasteiger partial charge is 0.508 e. The van der Waals surface area contributed by atoms with Gasteiger partial charge in [0.2, 0.25) is 58.2 Å². The molecular formula is C60H79BF15NO4. The fourth-order valence-corrected chi connectivity index (χ4v) is 9.30. The Labute approximate surface area is 468 Å². The largest absolute Gasteiger partial charge is 0.864 e. The number of phenols is 1. The first-order valence-corrected chi connectivity index (χ1v) is 29.0. The predicted octanol–water partition coefficient (Wildman–Crippen LogP) is 19.5. The number of hydrogen-bond donors (Lipinski definition) is 2. The second-order valence-corrected chi connectivity index (χ2v) is 20.5. The van der Waals surface area contributed by atoms with Gasteiger partial charge in [-0.15, -0.1) is 6.07 Å². The number of phenolic OH excluding ortho intramolecular Hbond substituents is 1. The third-order valence-electron chi connectivity index (χ3n) is 14.0. The molecule has 81 heavy (non-hydrogen) atoms. The van der Waals surface area contributed by atoms with E-state index >= 15 is 0 Å². The van der Waals surface area contributed by atoms with E-state index < -0.39 is 106 Å².